The second-order valence-electron chi connectivity index (χ2n) is 6.96. The van der Waals surface area contributed by atoms with Crippen molar-refractivity contribution in [1.82, 2.24) is 9.71 Å². The van der Waals surface area contributed by atoms with Gasteiger partial charge >= 0.3 is 0 Å². The molecule has 3 rings (SSSR count). The summed E-state index contributed by atoms with van der Waals surface area (Å²) in [5.74, 6) is 0.236. The molecule has 1 aromatic carbocycles. The lowest BCUT2D eigenvalue weighted by atomic mass is 10.1. The third kappa shape index (κ3) is 6.79. The normalized spacial score (nSPS) is 14.1. The largest absolute Gasteiger partial charge is 0.481 e. The van der Waals surface area contributed by atoms with Gasteiger partial charge in [0.2, 0.25) is 11.8 Å². The van der Waals surface area contributed by atoms with Crippen molar-refractivity contribution < 1.29 is 22.7 Å². The lowest BCUT2D eigenvalue weighted by molar-refractivity contribution is -0.114. The number of amides is 1. The number of aromatic nitrogens is 1. The average Bonchev–Trinajstić information content (AvgIpc) is 2.67. The van der Waals surface area contributed by atoms with Crippen LogP contribution >= 0.6 is 0 Å². The van der Waals surface area contributed by atoms with E-state index in [1.807, 2.05) is 24.3 Å². The number of pyridine rings is 1. The molecule has 0 aliphatic carbocycles. The Kier molecular flexibility index (Phi) is 7.28. The van der Waals surface area contributed by atoms with E-state index in [1.54, 1.807) is 6.07 Å². The van der Waals surface area contributed by atoms with Gasteiger partial charge in [-0.15, -0.1) is 0 Å². The van der Waals surface area contributed by atoms with Crippen molar-refractivity contribution in [3.05, 3.63) is 36.5 Å². The molecule has 0 atom stereocenters. The van der Waals surface area contributed by atoms with Crippen LogP contribution in [0.3, 0.4) is 0 Å². The molecule has 1 aliphatic heterocycles. The van der Waals surface area contributed by atoms with Gasteiger partial charge in [-0.1, -0.05) is 0 Å². The van der Waals surface area contributed by atoms with Crippen molar-refractivity contribution in [2.24, 2.45) is 5.14 Å². The quantitative estimate of drug-likeness (QED) is 0.388. The molecule has 0 spiro atoms. The molecule has 0 saturated carbocycles. The Bertz CT molecular complexity index is 1010. The van der Waals surface area contributed by atoms with E-state index in [1.165, 1.54) is 20.2 Å². The molecule has 12 heteroatoms. The summed E-state index contributed by atoms with van der Waals surface area (Å²) in [7, 11) is -2.15. The lowest BCUT2D eigenvalue weighted by Crippen LogP contribution is -2.53. The number of nitrogens with one attached hydrogen (secondary N) is 3. The molecular formula is C19H26N6O5S. The van der Waals surface area contributed by atoms with E-state index in [2.05, 4.69) is 25.2 Å². The molecule has 0 radical (unpaired) electrons. The molecule has 1 fully saturated rings. The van der Waals surface area contributed by atoms with Crippen LogP contribution in [0.25, 0.3) is 0 Å². The van der Waals surface area contributed by atoms with Crippen LogP contribution in [0.5, 0.6) is 5.88 Å². The Hall–Kier alpha value is -2.93. The van der Waals surface area contributed by atoms with E-state index in [0.29, 0.717) is 17.3 Å². The van der Waals surface area contributed by atoms with Crippen molar-refractivity contribution in [2.45, 2.75) is 13.0 Å². The Morgan fingerprint density at radius 2 is 1.97 bits per heavy atom. The number of rotatable bonds is 10. The Balaban J connectivity index is 1.53. The first kappa shape index (κ1) is 22.7. The van der Waals surface area contributed by atoms with Crippen LogP contribution in [0.2, 0.25) is 0 Å². The summed E-state index contributed by atoms with van der Waals surface area (Å²) in [5, 5.41) is 10.9. The van der Waals surface area contributed by atoms with E-state index in [-0.39, 0.29) is 25.2 Å². The maximum Gasteiger partial charge on any atom is 0.274 e. The zero-order valence-electron chi connectivity index (χ0n) is 17.3. The fourth-order valence-electron chi connectivity index (χ4n) is 3.02. The fraction of sp³-hybridized carbons (Fsp3) is 0.368. The number of anilines is 4. The van der Waals surface area contributed by atoms with Crippen molar-refractivity contribution in [2.75, 3.05) is 48.9 Å². The zero-order valence-corrected chi connectivity index (χ0v) is 18.1. The second kappa shape index (κ2) is 9.92. The van der Waals surface area contributed by atoms with E-state index >= 15 is 0 Å². The number of ether oxygens (including phenoxy) is 2. The molecule has 168 valence electrons. The molecule has 2 aromatic rings. The van der Waals surface area contributed by atoms with Gasteiger partial charge in [0.05, 0.1) is 37.4 Å². The number of nitrogens with zero attached hydrogens (tertiary/aromatic N) is 2. The number of methoxy groups -OCH3 is 1. The third-order valence-corrected chi connectivity index (χ3v) is 5.12. The summed E-state index contributed by atoms with van der Waals surface area (Å²) in [5.41, 5.74) is 3.10. The van der Waals surface area contributed by atoms with E-state index in [9.17, 15) is 13.2 Å². The molecule has 1 saturated heterocycles. The van der Waals surface area contributed by atoms with Gasteiger partial charge in [0.15, 0.2) is 0 Å². The molecule has 0 unspecified atom stereocenters. The van der Waals surface area contributed by atoms with Crippen molar-refractivity contribution in [3.8, 4) is 5.88 Å². The minimum Gasteiger partial charge on any atom is -0.481 e. The van der Waals surface area contributed by atoms with Crippen molar-refractivity contribution in [1.29, 1.82) is 0 Å². The number of carbonyl (C=O) groups excluding carboxylic acids is 1. The van der Waals surface area contributed by atoms with E-state index in [0.717, 1.165) is 24.5 Å². The summed E-state index contributed by atoms with van der Waals surface area (Å²) in [6, 6.07) is 9.55. The molecule has 1 aromatic heterocycles. The highest BCUT2D eigenvalue weighted by Crippen LogP contribution is 2.30. The lowest BCUT2D eigenvalue weighted by Gasteiger charge is -2.40. The number of nitrogens with two attached hydrogens (primary N) is 1. The molecule has 2 heterocycles. The van der Waals surface area contributed by atoms with Crippen LogP contribution < -0.4 is 30.1 Å². The Morgan fingerprint density at radius 3 is 2.58 bits per heavy atom. The van der Waals surface area contributed by atoms with Gasteiger partial charge in [-0.25, -0.2) is 14.8 Å². The molecule has 5 N–H and O–H groups in total. The highest BCUT2D eigenvalue weighted by atomic mass is 32.2. The highest BCUT2D eigenvalue weighted by molar-refractivity contribution is 7.87. The summed E-state index contributed by atoms with van der Waals surface area (Å²) in [4.78, 5) is 17.7. The van der Waals surface area contributed by atoms with Gasteiger partial charge in [0, 0.05) is 44.0 Å². The Morgan fingerprint density at radius 1 is 1.26 bits per heavy atom. The molecular weight excluding hydrogens is 424 g/mol. The maximum absolute atomic E-state index is 11.4. The van der Waals surface area contributed by atoms with E-state index < -0.39 is 10.2 Å². The fourth-order valence-corrected chi connectivity index (χ4v) is 3.38. The van der Waals surface area contributed by atoms with Crippen LogP contribution in [0.1, 0.15) is 6.92 Å². The van der Waals surface area contributed by atoms with Crippen molar-refractivity contribution >= 4 is 38.9 Å². The number of benzene rings is 1. The van der Waals surface area contributed by atoms with E-state index in [4.69, 9.17) is 14.6 Å². The minimum atomic E-state index is -3.68. The number of hydrogen-bond acceptors (Lipinski definition) is 8. The van der Waals surface area contributed by atoms with Gasteiger partial charge in [-0.3, -0.25) is 4.79 Å². The van der Waals surface area contributed by atoms with Crippen LogP contribution in [0.15, 0.2) is 36.5 Å². The number of hydrogen-bond donors (Lipinski definition) is 4. The number of carbonyl (C=O) groups is 1. The van der Waals surface area contributed by atoms with Gasteiger partial charge < -0.3 is 25.0 Å². The van der Waals surface area contributed by atoms with Crippen LogP contribution in [-0.4, -0.2) is 58.8 Å². The first-order chi connectivity index (χ1) is 14.7. The van der Waals surface area contributed by atoms with Crippen LogP contribution in [-0.2, 0) is 19.7 Å². The molecule has 11 nitrogen and oxygen atoms in total. The standard InChI is InChI=1S/C19H26N6O5S/c1-13(26)23-18-10-21-19(29-2)9-17(18)24-14-3-5-15(6-4-14)25-11-16(12-25)30-8-7-22-31(20,27)28/h3-6,9-10,16,22H,7-8,11-12H2,1-2H3,(H,21,24)(H,23,26)(H2,20,27,28). The zero-order chi connectivity index (χ0) is 22.4. The average molecular weight is 451 g/mol. The Labute approximate surface area is 181 Å². The summed E-state index contributed by atoms with van der Waals surface area (Å²) in [6.45, 7) is 3.29. The maximum atomic E-state index is 11.4. The van der Waals surface area contributed by atoms with Crippen LogP contribution in [0.4, 0.5) is 22.7 Å². The summed E-state index contributed by atoms with van der Waals surface area (Å²) in [6.07, 6.45) is 1.58. The molecule has 1 amide bonds. The van der Waals surface area contributed by atoms with Crippen molar-refractivity contribution in [3.63, 3.8) is 0 Å². The second-order valence-corrected chi connectivity index (χ2v) is 8.34. The molecule has 0 bridgehead atoms. The topological polar surface area (TPSA) is 148 Å². The first-order valence-electron chi connectivity index (χ1n) is 9.56. The van der Waals surface area contributed by atoms with Gasteiger partial charge in [0.1, 0.15) is 0 Å². The van der Waals surface area contributed by atoms with Gasteiger partial charge in [-0.05, 0) is 24.3 Å². The van der Waals surface area contributed by atoms with Gasteiger partial charge in [-0.2, -0.15) is 8.42 Å². The smallest absolute Gasteiger partial charge is 0.274 e. The predicted molar refractivity (Wildman–Crippen MR) is 118 cm³/mol. The summed E-state index contributed by atoms with van der Waals surface area (Å²) >= 11 is 0. The van der Waals surface area contributed by atoms with Gasteiger partial charge in [0.25, 0.3) is 10.2 Å². The molecule has 31 heavy (non-hydrogen) atoms. The minimum absolute atomic E-state index is 0.0459. The first-order valence-corrected chi connectivity index (χ1v) is 11.1. The predicted octanol–water partition coefficient (Wildman–Crippen LogP) is 0.791. The molecule has 1 aliphatic rings. The highest BCUT2D eigenvalue weighted by Gasteiger charge is 2.27. The third-order valence-electron chi connectivity index (χ3n) is 4.52. The SMILES string of the molecule is COc1cc(Nc2ccc(N3CC(OCCNS(N)(=O)=O)C3)cc2)c(NC(C)=O)cn1. The monoisotopic (exact) mass is 450 g/mol. The summed E-state index contributed by atoms with van der Waals surface area (Å²) < 4.78 is 34.6. The van der Waals surface area contributed by atoms with Crippen LogP contribution in [0, 0.1) is 0 Å².